The molecule has 3 atom stereocenters. The maximum atomic E-state index is 5.83. The lowest BCUT2D eigenvalue weighted by molar-refractivity contribution is -0.0269. The highest BCUT2D eigenvalue weighted by Crippen LogP contribution is 2.20. The van der Waals surface area contributed by atoms with Crippen molar-refractivity contribution in [3.8, 4) is 0 Å². The summed E-state index contributed by atoms with van der Waals surface area (Å²) >= 11 is 0. The first-order valence-corrected chi connectivity index (χ1v) is 7.83. The Morgan fingerprint density at radius 3 is 2.58 bits per heavy atom. The van der Waals surface area contributed by atoms with E-state index in [0.717, 1.165) is 52.3 Å². The third-order valence-electron chi connectivity index (χ3n) is 4.21. The Balaban J connectivity index is 1.70. The number of nitrogens with one attached hydrogen (secondary N) is 1. The summed E-state index contributed by atoms with van der Waals surface area (Å²) in [6.07, 6.45) is 2.74. The monoisotopic (exact) mass is 270 g/mol. The molecule has 0 saturated carbocycles. The molecule has 3 unspecified atom stereocenters. The van der Waals surface area contributed by atoms with Crippen molar-refractivity contribution in [2.24, 2.45) is 5.92 Å². The van der Waals surface area contributed by atoms with Crippen molar-refractivity contribution in [1.82, 2.24) is 10.2 Å². The van der Waals surface area contributed by atoms with Gasteiger partial charge in [0, 0.05) is 38.3 Å². The third kappa shape index (κ3) is 5.03. The Kier molecular flexibility index (Phi) is 6.07. The summed E-state index contributed by atoms with van der Waals surface area (Å²) in [6, 6.07) is 1.17. The number of rotatable bonds is 5. The molecule has 2 aliphatic rings. The molecule has 0 aromatic carbocycles. The van der Waals surface area contributed by atoms with Crippen molar-refractivity contribution in [3.63, 3.8) is 0 Å². The minimum Gasteiger partial charge on any atom is -0.379 e. The zero-order valence-electron chi connectivity index (χ0n) is 12.7. The van der Waals surface area contributed by atoms with Crippen molar-refractivity contribution in [2.45, 2.75) is 51.8 Å². The van der Waals surface area contributed by atoms with Gasteiger partial charge in [0.2, 0.25) is 0 Å². The van der Waals surface area contributed by atoms with Gasteiger partial charge in [-0.2, -0.15) is 0 Å². The molecule has 0 aromatic heterocycles. The zero-order valence-corrected chi connectivity index (χ0v) is 12.7. The lowest BCUT2D eigenvalue weighted by Crippen LogP contribution is -2.49. The smallest absolute Gasteiger partial charge is 0.0612 e. The van der Waals surface area contributed by atoms with Crippen LogP contribution in [-0.4, -0.2) is 62.5 Å². The van der Waals surface area contributed by atoms with E-state index in [4.69, 9.17) is 9.47 Å². The van der Waals surface area contributed by atoms with Crippen molar-refractivity contribution < 1.29 is 9.47 Å². The van der Waals surface area contributed by atoms with Gasteiger partial charge in [-0.05, 0) is 25.7 Å². The molecular weight excluding hydrogens is 240 g/mol. The molecule has 0 amide bonds. The summed E-state index contributed by atoms with van der Waals surface area (Å²) in [5.74, 6) is 0.624. The van der Waals surface area contributed by atoms with Gasteiger partial charge in [-0.25, -0.2) is 0 Å². The second-order valence-electron chi connectivity index (χ2n) is 6.36. The molecule has 0 aliphatic carbocycles. The molecule has 112 valence electrons. The fourth-order valence-electron chi connectivity index (χ4n) is 3.07. The predicted molar refractivity (Wildman–Crippen MR) is 77.5 cm³/mol. The van der Waals surface area contributed by atoms with Crippen LogP contribution in [0.25, 0.3) is 0 Å². The summed E-state index contributed by atoms with van der Waals surface area (Å²) in [4.78, 5) is 2.50. The van der Waals surface area contributed by atoms with Crippen LogP contribution in [0.15, 0.2) is 0 Å². The van der Waals surface area contributed by atoms with Crippen LogP contribution in [0.1, 0.15) is 33.6 Å². The van der Waals surface area contributed by atoms with Crippen LogP contribution < -0.4 is 5.32 Å². The lowest BCUT2D eigenvalue weighted by Gasteiger charge is -2.36. The molecule has 0 aromatic rings. The minimum atomic E-state index is 0.432. The van der Waals surface area contributed by atoms with Crippen LogP contribution in [0.5, 0.6) is 0 Å². The van der Waals surface area contributed by atoms with Crippen LogP contribution in [0.2, 0.25) is 0 Å². The summed E-state index contributed by atoms with van der Waals surface area (Å²) in [5, 5.41) is 3.79. The first kappa shape index (κ1) is 15.2. The first-order valence-electron chi connectivity index (χ1n) is 7.83. The maximum absolute atomic E-state index is 5.83. The molecule has 2 saturated heterocycles. The Morgan fingerprint density at radius 1 is 1.16 bits per heavy atom. The molecule has 2 fully saturated rings. The highest BCUT2D eigenvalue weighted by Gasteiger charge is 2.26. The summed E-state index contributed by atoms with van der Waals surface area (Å²) in [6.45, 7) is 12.8. The van der Waals surface area contributed by atoms with Gasteiger partial charge in [0.15, 0.2) is 0 Å². The number of nitrogens with zero attached hydrogens (tertiary/aromatic N) is 1. The first-order chi connectivity index (χ1) is 9.15. The summed E-state index contributed by atoms with van der Waals surface area (Å²) in [7, 11) is 0. The molecule has 0 spiro atoms. The van der Waals surface area contributed by atoms with E-state index in [1.807, 2.05) is 0 Å². The predicted octanol–water partition coefficient (Wildman–Crippen LogP) is 1.50. The quantitative estimate of drug-likeness (QED) is 0.821. The maximum Gasteiger partial charge on any atom is 0.0612 e. The van der Waals surface area contributed by atoms with Crippen LogP contribution in [-0.2, 0) is 9.47 Å². The fraction of sp³-hybridized carbons (Fsp3) is 1.00. The lowest BCUT2D eigenvalue weighted by atomic mass is 9.95. The normalized spacial score (nSPS) is 31.6. The van der Waals surface area contributed by atoms with Crippen LogP contribution in [0, 0.1) is 5.92 Å². The van der Waals surface area contributed by atoms with E-state index in [9.17, 15) is 0 Å². The molecule has 0 radical (unpaired) electrons. The summed E-state index contributed by atoms with van der Waals surface area (Å²) < 4.78 is 11.2. The van der Waals surface area contributed by atoms with E-state index < -0.39 is 0 Å². The van der Waals surface area contributed by atoms with Crippen molar-refractivity contribution in [2.75, 3.05) is 39.5 Å². The van der Waals surface area contributed by atoms with Gasteiger partial charge < -0.3 is 14.8 Å². The summed E-state index contributed by atoms with van der Waals surface area (Å²) in [5.41, 5.74) is 0. The number of ether oxygens (including phenoxy) is 2. The number of morpholine rings is 1. The van der Waals surface area contributed by atoms with Gasteiger partial charge >= 0.3 is 0 Å². The molecular formula is C15H30N2O2. The Bertz CT molecular complexity index is 255. The van der Waals surface area contributed by atoms with E-state index in [1.54, 1.807) is 0 Å². The van der Waals surface area contributed by atoms with Crippen LogP contribution >= 0.6 is 0 Å². The van der Waals surface area contributed by atoms with Gasteiger partial charge in [-0.3, -0.25) is 4.90 Å². The van der Waals surface area contributed by atoms with Gasteiger partial charge in [0.05, 0.1) is 19.3 Å². The highest BCUT2D eigenvalue weighted by atomic mass is 16.5. The van der Waals surface area contributed by atoms with Crippen LogP contribution in [0.3, 0.4) is 0 Å². The Morgan fingerprint density at radius 2 is 1.89 bits per heavy atom. The molecule has 0 bridgehead atoms. The fourth-order valence-corrected chi connectivity index (χ4v) is 3.07. The average Bonchev–Trinajstić information content (AvgIpc) is 2.40. The molecule has 2 aliphatic heterocycles. The van der Waals surface area contributed by atoms with Gasteiger partial charge in [-0.1, -0.05) is 13.8 Å². The van der Waals surface area contributed by atoms with E-state index in [2.05, 4.69) is 31.0 Å². The molecule has 4 heteroatoms. The number of hydrogen-bond donors (Lipinski definition) is 1. The van der Waals surface area contributed by atoms with E-state index >= 15 is 0 Å². The van der Waals surface area contributed by atoms with E-state index in [0.29, 0.717) is 24.1 Å². The van der Waals surface area contributed by atoms with Gasteiger partial charge in [-0.15, -0.1) is 0 Å². The molecule has 2 heterocycles. The van der Waals surface area contributed by atoms with Crippen molar-refractivity contribution in [3.05, 3.63) is 0 Å². The molecule has 4 nitrogen and oxygen atoms in total. The molecule has 1 N–H and O–H groups in total. The van der Waals surface area contributed by atoms with Gasteiger partial charge in [0.25, 0.3) is 0 Å². The molecule has 19 heavy (non-hydrogen) atoms. The second-order valence-corrected chi connectivity index (χ2v) is 6.36. The largest absolute Gasteiger partial charge is 0.379 e. The standard InChI is InChI=1S/C15H30N2O2/c1-12(2)15-10-14(4-7-19-15)16-13(3)11-17-5-8-18-9-6-17/h12-16H,4-11H2,1-3H3. The SMILES string of the molecule is CC(CN1CCOCC1)NC1CCOC(C(C)C)C1. The van der Waals surface area contributed by atoms with Crippen molar-refractivity contribution in [1.29, 1.82) is 0 Å². The minimum absolute atomic E-state index is 0.432. The van der Waals surface area contributed by atoms with E-state index in [1.165, 1.54) is 0 Å². The topological polar surface area (TPSA) is 33.7 Å². The highest BCUT2D eigenvalue weighted by molar-refractivity contribution is 4.82. The van der Waals surface area contributed by atoms with E-state index in [-0.39, 0.29) is 0 Å². The zero-order chi connectivity index (χ0) is 13.7. The Labute approximate surface area is 117 Å². The van der Waals surface area contributed by atoms with Crippen molar-refractivity contribution >= 4 is 0 Å². The average molecular weight is 270 g/mol. The number of hydrogen-bond acceptors (Lipinski definition) is 4. The van der Waals surface area contributed by atoms with Gasteiger partial charge in [0.1, 0.15) is 0 Å². The second kappa shape index (κ2) is 7.58. The Hall–Kier alpha value is -0.160. The van der Waals surface area contributed by atoms with Crippen LogP contribution in [0.4, 0.5) is 0 Å². The molecule has 2 rings (SSSR count). The third-order valence-corrected chi connectivity index (χ3v) is 4.21.